The van der Waals surface area contributed by atoms with E-state index in [1.165, 1.54) is 53.7 Å². The lowest BCUT2D eigenvalue weighted by Crippen LogP contribution is -2.17. The molecule has 1 aliphatic heterocycles. The first-order chi connectivity index (χ1) is 11.5. The van der Waals surface area contributed by atoms with Crippen molar-refractivity contribution in [3.05, 3.63) is 41.1 Å². The zero-order valence-corrected chi connectivity index (χ0v) is 14.9. The van der Waals surface area contributed by atoms with Crippen LogP contribution in [0.4, 0.5) is 5.69 Å². The van der Waals surface area contributed by atoms with Crippen LogP contribution < -0.4 is 4.90 Å². The fraction of sp³-hybridized carbons (Fsp3) is 0.400. The van der Waals surface area contributed by atoms with Crippen LogP contribution in [0, 0.1) is 20.8 Å². The molecule has 0 amide bonds. The zero-order chi connectivity index (χ0) is 16.8. The number of nitrogens with zero attached hydrogens (tertiary/aromatic N) is 4. The van der Waals surface area contributed by atoms with Crippen molar-refractivity contribution in [1.29, 1.82) is 0 Å². The monoisotopic (exact) mass is 320 g/mol. The van der Waals surface area contributed by atoms with Crippen LogP contribution in [0.1, 0.15) is 29.7 Å². The van der Waals surface area contributed by atoms with Crippen LogP contribution in [0.2, 0.25) is 0 Å². The Morgan fingerprint density at radius 1 is 0.958 bits per heavy atom. The fourth-order valence-electron chi connectivity index (χ4n) is 3.90. The lowest BCUT2D eigenvalue weighted by molar-refractivity contribution is 0.774. The highest BCUT2D eigenvalue weighted by Crippen LogP contribution is 2.31. The number of hydrogen-bond acceptors (Lipinski definition) is 3. The van der Waals surface area contributed by atoms with Crippen molar-refractivity contribution < 1.29 is 0 Å². The summed E-state index contributed by atoms with van der Waals surface area (Å²) in [6, 6.07) is 8.95. The average molecular weight is 320 g/mol. The van der Waals surface area contributed by atoms with Gasteiger partial charge >= 0.3 is 0 Å². The van der Waals surface area contributed by atoms with Gasteiger partial charge in [-0.1, -0.05) is 6.07 Å². The van der Waals surface area contributed by atoms with Gasteiger partial charge in [0.1, 0.15) is 0 Å². The number of hydrogen-bond donors (Lipinski definition) is 0. The molecule has 2 aromatic heterocycles. The molecular formula is C20H24N4. The minimum Gasteiger partial charge on any atom is -0.372 e. The molecule has 0 atom stereocenters. The number of fused-ring (bicyclic) bond motifs is 1. The van der Waals surface area contributed by atoms with Gasteiger partial charge in [0.25, 0.3) is 0 Å². The molecule has 0 saturated carbocycles. The highest BCUT2D eigenvalue weighted by atomic mass is 15.3. The van der Waals surface area contributed by atoms with E-state index < -0.39 is 0 Å². The molecule has 4 rings (SSSR count). The highest BCUT2D eigenvalue weighted by molar-refractivity contribution is 5.85. The average Bonchev–Trinajstić information content (AvgIpc) is 3.16. The zero-order valence-electron chi connectivity index (χ0n) is 14.9. The minimum absolute atomic E-state index is 0.963. The van der Waals surface area contributed by atoms with Crippen LogP contribution in [0.15, 0.2) is 24.3 Å². The largest absolute Gasteiger partial charge is 0.372 e. The van der Waals surface area contributed by atoms with E-state index in [9.17, 15) is 0 Å². The molecule has 0 N–H and O–H groups in total. The minimum atomic E-state index is 0.963. The van der Waals surface area contributed by atoms with Crippen molar-refractivity contribution in [3.8, 4) is 11.3 Å². The van der Waals surface area contributed by atoms with Gasteiger partial charge < -0.3 is 4.90 Å². The summed E-state index contributed by atoms with van der Waals surface area (Å²) in [5, 5.41) is 5.70. The van der Waals surface area contributed by atoms with E-state index in [4.69, 9.17) is 4.98 Å². The molecule has 4 nitrogen and oxygen atoms in total. The summed E-state index contributed by atoms with van der Waals surface area (Å²) in [5.41, 5.74) is 8.11. The number of benzene rings is 1. The first-order valence-electron chi connectivity index (χ1n) is 8.71. The van der Waals surface area contributed by atoms with E-state index in [1.807, 2.05) is 18.7 Å². The van der Waals surface area contributed by atoms with Gasteiger partial charge in [-0.15, -0.1) is 0 Å². The Bertz CT molecular complexity index is 917. The van der Waals surface area contributed by atoms with Crippen molar-refractivity contribution in [1.82, 2.24) is 14.8 Å². The van der Waals surface area contributed by atoms with Gasteiger partial charge in [-0.3, -0.25) is 4.68 Å². The predicted octanol–water partition coefficient (Wildman–Crippen LogP) is 4.16. The molecule has 1 saturated heterocycles. The second kappa shape index (κ2) is 5.62. The molecule has 3 heterocycles. The van der Waals surface area contributed by atoms with Gasteiger partial charge in [0.15, 0.2) is 5.65 Å². The molecule has 3 aromatic rings. The topological polar surface area (TPSA) is 34.0 Å². The Labute approximate surface area is 143 Å². The van der Waals surface area contributed by atoms with Crippen LogP contribution in [0.5, 0.6) is 0 Å². The molecule has 0 radical (unpaired) electrons. The number of anilines is 1. The molecule has 4 heteroatoms. The van der Waals surface area contributed by atoms with Gasteiger partial charge in [-0.05, 0) is 62.9 Å². The van der Waals surface area contributed by atoms with Crippen molar-refractivity contribution in [3.63, 3.8) is 0 Å². The molecule has 24 heavy (non-hydrogen) atoms. The van der Waals surface area contributed by atoms with Gasteiger partial charge in [-0.25, -0.2) is 4.98 Å². The summed E-state index contributed by atoms with van der Waals surface area (Å²) in [6.45, 7) is 8.74. The van der Waals surface area contributed by atoms with Crippen molar-refractivity contribution in [2.75, 3.05) is 18.0 Å². The van der Waals surface area contributed by atoms with Crippen molar-refractivity contribution >= 4 is 16.7 Å². The van der Waals surface area contributed by atoms with Gasteiger partial charge in [0.2, 0.25) is 0 Å². The van der Waals surface area contributed by atoms with Crippen LogP contribution in [-0.2, 0) is 7.05 Å². The number of pyridine rings is 1. The number of aromatic nitrogens is 3. The van der Waals surface area contributed by atoms with Crippen molar-refractivity contribution in [2.45, 2.75) is 33.6 Å². The van der Waals surface area contributed by atoms with E-state index in [-0.39, 0.29) is 0 Å². The third kappa shape index (κ3) is 2.37. The molecule has 0 spiro atoms. The maximum absolute atomic E-state index is 4.90. The Morgan fingerprint density at radius 3 is 2.42 bits per heavy atom. The summed E-state index contributed by atoms with van der Waals surface area (Å²) < 4.78 is 1.88. The van der Waals surface area contributed by atoms with Gasteiger partial charge in [0, 0.05) is 36.8 Å². The quantitative estimate of drug-likeness (QED) is 0.711. The van der Waals surface area contributed by atoms with Crippen molar-refractivity contribution in [2.24, 2.45) is 7.05 Å². The molecule has 1 aromatic carbocycles. The predicted molar refractivity (Wildman–Crippen MR) is 99.6 cm³/mol. The first-order valence-corrected chi connectivity index (χ1v) is 8.71. The third-order valence-electron chi connectivity index (χ3n) is 5.12. The Kier molecular flexibility index (Phi) is 3.56. The number of rotatable bonds is 2. The molecule has 124 valence electrons. The van der Waals surface area contributed by atoms with E-state index >= 15 is 0 Å². The highest BCUT2D eigenvalue weighted by Gasteiger charge is 2.16. The summed E-state index contributed by atoms with van der Waals surface area (Å²) in [4.78, 5) is 7.38. The summed E-state index contributed by atoms with van der Waals surface area (Å²) in [7, 11) is 1.97. The van der Waals surface area contributed by atoms with Crippen LogP contribution in [0.25, 0.3) is 22.3 Å². The number of aryl methyl sites for hydroxylation is 4. The van der Waals surface area contributed by atoms with E-state index in [2.05, 4.69) is 48.1 Å². The van der Waals surface area contributed by atoms with Gasteiger partial charge in [-0.2, -0.15) is 5.10 Å². The Hall–Kier alpha value is -2.36. The summed E-state index contributed by atoms with van der Waals surface area (Å²) >= 11 is 0. The Morgan fingerprint density at radius 2 is 1.71 bits per heavy atom. The first kappa shape index (κ1) is 15.2. The SMILES string of the molecule is Cc1cc(N2CCCC2)ccc1-c1cc(C)c2c(C)nn(C)c2n1. The summed E-state index contributed by atoms with van der Waals surface area (Å²) in [6.07, 6.45) is 2.61. The molecule has 1 aliphatic rings. The smallest absolute Gasteiger partial charge is 0.158 e. The molecule has 1 fully saturated rings. The standard InChI is InChI=1S/C20H24N4/c1-13-11-16(24-9-5-6-10-24)7-8-17(13)18-12-14(2)19-15(3)22-23(4)20(19)21-18/h7-8,11-12H,5-6,9-10H2,1-4H3. The fourth-order valence-corrected chi connectivity index (χ4v) is 3.90. The Balaban J connectivity index is 1.81. The molecule has 0 aliphatic carbocycles. The second-order valence-electron chi connectivity index (χ2n) is 6.93. The van der Waals surface area contributed by atoms with Gasteiger partial charge in [0.05, 0.1) is 11.4 Å². The van der Waals surface area contributed by atoms with E-state index in [0.717, 1.165) is 17.0 Å². The van der Waals surface area contributed by atoms with Crippen LogP contribution in [-0.4, -0.2) is 27.9 Å². The normalized spacial score (nSPS) is 14.8. The second-order valence-corrected chi connectivity index (χ2v) is 6.93. The van der Waals surface area contributed by atoms with Crippen LogP contribution >= 0.6 is 0 Å². The molecule has 0 unspecified atom stereocenters. The molecular weight excluding hydrogens is 296 g/mol. The maximum atomic E-state index is 4.90. The van der Waals surface area contributed by atoms with Crippen LogP contribution in [0.3, 0.4) is 0 Å². The lowest BCUT2D eigenvalue weighted by Gasteiger charge is -2.19. The van der Waals surface area contributed by atoms with E-state index in [0.29, 0.717) is 0 Å². The van der Waals surface area contributed by atoms with E-state index in [1.54, 1.807) is 0 Å². The lowest BCUT2D eigenvalue weighted by atomic mass is 10.0. The molecule has 0 bridgehead atoms. The summed E-state index contributed by atoms with van der Waals surface area (Å²) in [5.74, 6) is 0. The maximum Gasteiger partial charge on any atom is 0.158 e. The third-order valence-corrected chi connectivity index (χ3v) is 5.12.